The lowest BCUT2D eigenvalue weighted by molar-refractivity contribution is 0.0985. The molecule has 1 saturated heterocycles. The number of amides is 2. The Morgan fingerprint density at radius 1 is 0.900 bits per heavy atom. The zero-order valence-corrected chi connectivity index (χ0v) is 17.1. The van der Waals surface area contributed by atoms with E-state index in [1.807, 2.05) is 10.6 Å². The number of nitrogens with zero attached hydrogens (tertiary/aromatic N) is 2. The van der Waals surface area contributed by atoms with Crippen LogP contribution in [0.3, 0.4) is 0 Å². The fourth-order valence-corrected chi connectivity index (χ4v) is 4.47. The van der Waals surface area contributed by atoms with Gasteiger partial charge >= 0.3 is 0 Å². The van der Waals surface area contributed by atoms with Crippen LogP contribution >= 0.6 is 0 Å². The molecule has 2 heterocycles. The van der Waals surface area contributed by atoms with Crippen LogP contribution in [0.4, 0.5) is 0 Å². The molecule has 0 aliphatic carbocycles. The molecule has 156 valence electrons. The summed E-state index contributed by atoms with van der Waals surface area (Å²) < 4.78 is 1.96. The molecule has 0 spiro atoms. The number of benzene rings is 2. The third-order valence-corrected chi connectivity index (χ3v) is 6.15. The first kappa shape index (κ1) is 20.2. The summed E-state index contributed by atoms with van der Waals surface area (Å²) in [7, 11) is 0. The van der Waals surface area contributed by atoms with Crippen molar-refractivity contribution in [2.45, 2.75) is 25.8 Å². The van der Waals surface area contributed by atoms with Crippen molar-refractivity contribution >= 4 is 22.7 Å². The lowest BCUT2D eigenvalue weighted by Gasteiger charge is -2.32. The van der Waals surface area contributed by atoms with E-state index in [0.29, 0.717) is 17.8 Å². The third kappa shape index (κ3) is 4.39. The zero-order chi connectivity index (χ0) is 21.1. The summed E-state index contributed by atoms with van der Waals surface area (Å²) in [5.74, 6) is -0.221. The molecule has 1 aliphatic rings. The van der Waals surface area contributed by atoms with Crippen molar-refractivity contribution in [2.75, 3.05) is 19.6 Å². The second kappa shape index (κ2) is 8.71. The standard InChI is InChI=1S/C24H28N4O2/c25-23(29)19-6-7-21-20(15-19)16-22(24(26)30)28(21)13-12-27-10-8-18(9-11-27)14-17-4-2-1-3-5-17/h1-7,15-16,18H,8-14H2,(H2,25,29)(H2,26,30). The highest BCUT2D eigenvalue weighted by atomic mass is 16.1. The van der Waals surface area contributed by atoms with Gasteiger partial charge in [0.1, 0.15) is 5.69 Å². The molecule has 1 fully saturated rings. The number of likely N-dealkylation sites (tertiary alicyclic amines) is 1. The SMILES string of the molecule is NC(=O)c1ccc2c(c1)cc(C(N)=O)n2CCN1CCC(Cc2ccccc2)CC1. The fraction of sp³-hybridized carbons (Fsp3) is 0.333. The summed E-state index contributed by atoms with van der Waals surface area (Å²) in [5.41, 5.74) is 14.2. The van der Waals surface area contributed by atoms with Crippen molar-refractivity contribution in [2.24, 2.45) is 17.4 Å². The van der Waals surface area contributed by atoms with Gasteiger partial charge < -0.3 is 20.9 Å². The van der Waals surface area contributed by atoms with E-state index in [2.05, 4.69) is 35.2 Å². The number of piperidine rings is 1. The molecule has 6 nitrogen and oxygen atoms in total. The van der Waals surface area contributed by atoms with Crippen molar-refractivity contribution in [3.05, 3.63) is 71.4 Å². The first-order valence-electron chi connectivity index (χ1n) is 10.5. The monoisotopic (exact) mass is 404 g/mol. The maximum atomic E-state index is 12.0. The predicted octanol–water partition coefficient (Wildman–Crippen LogP) is 2.79. The van der Waals surface area contributed by atoms with E-state index in [0.717, 1.165) is 42.9 Å². The second-order valence-corrected chi connectivity index (χ2v) is 8.16. The number of carbonyl (C=O) groups excluding carboxylic acids is 2. The molecule has 1 aromatic heterocycles. The van der Waals surface area contributed by atoms with Gasteiger partial charge in [0.25, 0.3) is 5.91 Å². The quantitative estimate of drug-likeness (QED) is 0.634. The number of fused-ring (bicyclic) bond motifs is 1. The van der Waals surface area contributed by atoms with Crippen LogP contribution in [0.1, 0.15) is 39.3 Å². The minimum Gasteiger partial charge on any atom is -0.366 e. The highest BCUT2D eigenvalue weighted by Gasteiger charge is 2.20. The van der Waals surface area contributed by atoms with Crippen LogP contribution < -0.4 is 11.5 Å². The largest absolute Gasteiger partial charge is 0.366 e. The number of carbonyl (C=O) groups is 2. The summed E-state index contributed by atoms with van der Waals surface area (Å²) >= 11 is 0. The zero-order valence-electron chi connectivity index (χ0n) is 17.1. The number of primary amides is 2. The van der Waals surface area contributed by atoms with Crippen LogP contribution in [-0.2, 0) is 13.0 Å². The van der Waals surface area contributed by atoms with E-state index < -0.39 is 11.8 Å². The summed E-state index contributed by atoms with van der Waals surface area (Å²) in [6.45, 7) is 3.67. The van der Waals surface area contributed by atoms with Gasteiger partial charge in [-0.15, -0.1) is 0 Å². The molecule has 30 heavy (non-hydrogen) atoms. The van der Waals surface area contributed by atoms with Crippen LogP contribution in [0.15, 0.2) is 54.6 Å². The highest BCUT2D eigenvalue weighted by Crippen LogP contribution is 2.24. The summed E-state index contributed by atoms with van der Waals surface area (Å²) in [4.78, 5) is 25.9. The van der Waals surface area contributed by atoms with Gasteiger partial charge in [-0.05, 0) is 68.1 Å². The smallest absolute Gasteiger partial charge is 0.265 e. The number of hydrogen-bond donors (Lipinski definition) is 2. The van der Waals surface area contributed by atoms with Gasteiger partial charge in [-0.1, -0.05) is 30.3 Å². The van der Waals surface area contributed by atoms with Gasteiger partial charge in [0, 0.05) is 29.6 Å². The average Bonchev–Trinajstić information content (AvgIpc) is 3.12. The molecule has 0 atom stereocenters. The van der Waals surface area contributed by atoms with E-state index in [4.69, 9.17) is 11.5 Å². The number of rotatable bonds is 7. The molecule has 1 aliphatic heterocycles. The Morgan fingerprint density at radius 3 is 2.30 bits per heavy atom. The molecule has 2 aromatic carbocycles. The van der Waals surface area contributed by atoms with Crippen LogP contribution in [0, 0.1) is 5.92 Å². The molecule has 0 unspecified atom stereocenters. The Hall–Kier alpha value is -3.12. The van der Waals surface area contributed by atoms with Gasteiger partial charge in [0.05, 0.1) is 0 Å². The first-order chi connectivity index (χ1) is 14.5. The molecular weight excluding hydrogens is 376 g/mol. The van der Waals surface area contributed by atoms with Crippen LogP contribution in [0.25, 0.3) is 10.9 Å². The molecule has 3 aromatic rings. The minimum atomic E-state index is -0.483. The van der Waals surface area contributed by atoms with Crippen molar-refractivity contribution in [1.82, 2.24) is 9.47 Å². The van der Waals surface area contributed by atoms with E-state index in [9.17, 15) is 9.59 Å². The molecule has 0 bridgehead atoms. The predicted molar refractivity (Wildman–Crippen MR) is 118 cm³/mol. The third-order valence-electron chi connectivity index (χ3n) is 6.15. The number of aromatic nitrogens is 1. The Bertz CT molecular complexity index is 1050. The van der Waals surface area contributed by atoms with E-state index in [-0.39, 0.29) is 0 Å². The van der Waals surface area contributed by atoms with Crippen molar-refractivity contribution in [3.8, 4) is 0 Å². The molecule has 2 amide bonds. The molecule has 0 saturated carbocycles. The fourth-order valence-electron chi connectivity index (χ4n) is 4.47. The van der Waals surface area contributed by atoms with E-state index in [1.165, 1.54) is 18.4 Å². The van der Waals surface area contributed by atoms with Crippen molar-refractivity contribution < 1.29 is 9.59 Å². The molecular formula is C24H28N4O2. The Balaban J connectivity index is 1.40. The highest BCUT2D eigenvalue weighted by molar-refractivity contribution is 6.01. The molecule has 6 heteroatoms. The van der Waals surface area contributed by atoms with Crippen LogP contribution in [-0.4, -0.2) is 40.9 Å². The molecule has 4 N–H and O–H groups in total. The normalized spacial score (nSPS) is 15.5. The number of nitrogens with two attached hydrogens (primary N) is 2. The second-order valence-electron chi connectivity index (χ2n) is 8.16. The maximum Gasteiger partial charge on any atom is 0.265 e. The van der Waals surface area contributed by atoms with E-state index in [1.54, 1.807) is 18.2 Å². The minimum absolute atomic E-state index is 0.427. The Morgan fingerprint density at radius 2 is 1.63 bits per heavy atom. The van der Waals surface area contributed by atoms with E-state index >= 15 is 0 Å². The van der Waals surface area contributed by atoms with Gasteiger partial charge in [0.2, 0.25) is 5.91 Å². The summed E-state index contributed by atoms with van der Waals surface area (Å²) in [6.07, 6.45) is 3.52. The van der Waals surface area contributed by atoms with Gasteiger partial charge in [-0.3, -0.25) is 9.59 Å². The van der Waals surface area contributed by atoms with Gasteiger partial charge in [-0.2, -0.15) is 0 Å². The topological polar surface area (TPSA) is 94.4 Å². The van der Waals surface area contributed by atoms with Crippen LogP contribution in [0.2, 0.25) is 0 Å². The summed E-state index contributed by atoms with van der Waals surface area (Å²) in [6, 6.07) is 17.7. The Labute approximate surface area is 176 Å². The lowest BCUT2D eigenvalue weighted by atomic mass is 9.90. The maximum absolute atomic E-state index is 12.0. The summed E-state index contributed by atoms with van der Waals surface area (Å²) in [5, 5.41) is 0.807. The Kier molecular flexibility index (Phi) is 5.86. The lowest BCUT2D eigenvalue weighted by Crippen LogP contribution is -2.36. The first-order valence-corrected chi connectivity index (χ1v) is 10.5. The van der Waals surface area contributed by atoms with Crippen molar-refractivity contribution in [1.29, 1.82) is 0 Å². The molecule has 0 radical (unpaired) electrons. The number of hydrogen-bond acceptors (Lipinski definition) is 3. The average molecular weight is 405 g/mol. The van der Waals surface area contributed by atoms with Gasteiger partial charge in [-0.25, -0.2) is 0 Å². The van der Waals surface area contributed by atoms with Crippen LogP contribution in [0.5, 0.6) is 0 Å². The molecule has 4 rings (SSSR count). The van der Waals surface area contributed by atoms with Crippen molar-refractivity contribution in [3.63, 3.8) is 0 Å². The van der Waals surface area contributed by atoms with Gasteiger partial charge in [0.15, 0.2) is 0 Å².